The third-order valence-electron chi connectivity index (χ3n) is 2.24. The molecule has 0 fully saturated rings. The van der Waals surface area contributed by atoms with Crippen LogP contribution in [0.3, 0.4) is 0 Å². The first-order chi connectivity index (χ1) is 8.50. The lowest BCUT2D eigenvalue weighted by Gasteiger charge is -2.17. The van der Waals surface area contributed by atoms with Gasteiger partial charge in [0.1, 0.15) is 0 Å². The summed E-state index contributed by atoms with van der Waals surface area (Å²) in [5, 5.41) is 22.6. The number of aliphatic carboxylic acids is 1. The molecule has 18 heavy (non-hydrogen) atoms. The van der Waals surface area contributed by atoms with Crippen LogP contribution in [0.15, 0.2) is 24.5 Å². The number of hydrogen-bond acceptors (Lipinski definition) is 4. The Balaban J connectivity index is 2.44. The summed E-state index contributed by atoms with van der Waals surface area (Å²) in [6.45, 7) is 1.54. The first kappa shape index (κ1) is 13.9. The van der Waals surface area contributed by atoms with E-state index in [9.17, 15) is 14.7 Å². The van der Waals surface area contributed by atoms with Crippen molar-refractivity contribution in [1.29, 1.82) is 0 Å². The second kappa shape index (κ2) is 6.55. The molecule has 1 rings (SSSR count). The summed E-state index contributed by atoms with van der Waals surface area (Å²) in [7, 11) is 0. The van der Waals surface area contributed by atoms with E-state index in [0.717, 1.165) is 5.56 Å². The SMILES string of the molecule is C[C@@H](O)[C@H](NC(=O)NCc1ccncc1)C(=O)O. The molecule has 0 aliphatic heterocycles. The van der Waals surface area contributed by atoms with Crippen molar-refractivity contribution in [3.05, 3.63) is 30.1 Å². The van der Waals surface area contributed by atoms with Crippen LogP contribution in [0.25, 0.3) is 0 Å². The Morgan fingerprint density at radius 2 is 2.00 bits per heavy atom. The van der Waals surface area contributed by atoms with E-state index in [-0.39, 0.29) is 6.54 Å². The van der Waals surface area contributed by atoms with Crippen molar-refractivity contribution in [2.45, 2.75) is 25.6 Å². The molecular formula is C11H15N3O4. The molecule has 0 saturated carbocycles. The van der Waals surface area contributed by atoms with E-state index in [1.54, 1.807) is 24.5 Å². The van der Waals surface area contributed by atoms with Crippen molar-refractivity contribution in [2.75, 3.05) is 0 Å². The number of nitrogens with zero attached hydrogens (tertiary/aromatic N) is 1. The summed E-state index contributed by atoms with van der Waals surface area (Å²) < 4.78 is 0. The number of carboxylic acid groups (broad SMARTS) is 1. The standard InChI is InChI=1S/C11H15N3O4/c1-7(15)9(10(16)17)14-11(18)13-6-8-2-4-12-5-3-8/h2-5,7,9,15H,6H2,1H3,(H,16,17)(H2,13,14,18)/t7-,9+/m1/s1. The fourth-order valence-corrected chi connectivity index (χ4v) is 1.26. The van der Waals surface area contributed by atoms with Gasteiger partial charge in [0.15, 0.2) is 6.04 Å². The molecule has 4 N–H and O–H groups in total. The molecule has 7 nitrogen and oxygen atoms in total. The number of pyridine rings is 1. The van der Waals surface area contributed by atoms with E-state index in [0.29, 0.717) is 0 Å². The van der Waals surface area contributed by atoms with Gasteiger partial charge in [-0.2, -0.15) is 0 Å². The first-order valence-corrected chi connectivity index (χ1v) is 5.35. The van der Waals surface area contributed by atoms with Crippen LogP contribution in [0.1, 0.15) is 12.5 Å². The van der Waals surface area contributed by atoms with E-state index in [2.05, 4.69) is 15.6 Å². The molecule has 1 heterocycles. The average molecular weight is 253 g/mol. The van der Waals surface area contributed by atoms with Gasteiger partial charge in [0.25, 0.3) is 0 Å². The molecule has 2 amide bonds. The van der Waals surface area contributed by atoms with Gasteiger partial charge >= 0.3 is 12.0 Å². The minimum absolute atomic E-state index is 0.250. The summed E-state index contributed by atoms with van der Waals surface area (Å²) in [5.74, 6) is -1.29. The van der Waals surface area contributed by atoms with Crippen molar-refractivity contribution in [3.63, 3.8) is 0 Å². The summed E-state index contributed by atoms with van der Waals surface area (Å²) in [6, 6.07) is 1.47. The summed E-state index contributed by atoms with van der Waals surface area (Å²) in [6.07, 6.45) is 2.00. The molecule has 98 valence electrons. The smallest absolute Gasteiger partial charge is 0.328 e. The summed E-state index contributed by atoms with van der Waals surface area (Å²) in [5.41, 5.74) is 0.837. The molecule has 0 unspecified atom stereocenters. The monoisotopic (exact) mass is 253 g/mol. The number of aliphatic hydroxyl groups excluding tert-OH is 1. The van der Waals surface area contributed by atoms with Gasteiger partial charge in [-0.15, -0.1) is 0 Å². The number of carbonyl (C=O) groups is 2. The molecule has 0 bridgehead atoms. The number of carbonyl (C=O) groups excluding carboxylic acids is 1. The summed E-state index contributed by atoms with van der Waals surface area (Å²) in [4.78, 5) is 26.0. The second-order valence-electron chi connectivity index (χ2n) is 3.74. The Labute approximate surface area is 104 Å². The molecule has 1 aromatic rings. The molecule has 2 atom stereocenters. The molecule has 0 spiro atoms. The van der Waals surface area contributed by atoms with E-state index >= 15 is 0 Å². The van der Waals surface area contributed by atoms with Gasteiger partial charge in [0, 0.05) is 18.9 Å². The number of amides is 2. The van der Waals surface area contributed by atoms with Crippen LogP contribution in [-0.4, -0.2) is 39.3 Å². The van der Waals surface area contributed by atoms with Crippen LogP contribution < -0.4 is 10.6 Å². The minimum atomic E-state index is -1.33. The maximum atomic E-state index is 11.4. The molecule has 7 heteroatoms. The van der Waals surface area contributed by atoms with Gasteiger partial charge in [0.05, 0.1) is 6.10 Å². The van der Waals surface area contributed by atoms with Crippen molar-refractivity contribution in [3.8, 4) is 0 Å². The number of urea groups is 1. The van der Waals surface area contributed by atoms with Gasteiger partial charge in [0.2, 0.25) is 0 Å². The zero-order valence-electron chi connectivity index (χ0n) is 9.83. The van der Waals surface area contributed by atoms with Crippen LogP contribution in [0, 0.1) is 0 Å². The fourth-order valence-electron chi connectivity index (χ4n) is 1.26. The van der Waals surface area contributed by atoms with E-state index in [1.165, 1.54) is 6.92 Å². The highest BCUT2D eigenvalue weighted by molar-refractivity contribution is 5.82. The lowest BCUT2D eigenvalue weighted by Crippen LogP contribution is -2.50. The number of carboxylic acids is 1. The topological polar surface area (TPSA) is 112 Å². The molecular weight excluding hydrogens is 238 g/mol. The Bertz CT molecular complexity index is 408. The Morgan fingerprint density at radius 3 is 2.50 bits per heavy atom. The number of rotatable bonds is 5. The Morgan fingerprint density at radius 1 is 1.39 bits per heavy atom. The Kier molecular flexibility index (Phi) is 5.06. The number of nitrogens with one attached hydrogen (secondary N) is 2. The third-order valence-corrected chi connectivity index (χ3v) is 2.24. The third kappa shape index (κ3) is 4.38. The zero-order valence-corrected chi connectivity index (χ0v) is 9.83. The highest BCUT2D eigenvalue weighted by Crippen LogP contribution is 1.96. The van der Waals surface area contributed by atoms with Gasteiger partial charge in [-0.05, 0) is 24.6 Å². The van der Waals surface area contributed by atoms with E-state index in [1.807, 2.05) is 0 Å². The second-order valence-corrected chi connectivity index (χ2v) is 3.74. The molecule has 1 aromatic heterocycles. The van der Waals surface area contributed by atoms with Crippen molar-refractivity contribution in [1.82, 2.24) is 15.6 Å². The van der Waals surface area contributed by atoms with E-state index < -0.39 is 24.1 Å². The normalized spacial score (nSPS) is 13.4. The van der Waals surface area contributed by atoms with Gasteiger partial charge < -0.3 is 20.8 Å². The molecule has 0 radical (unpaired) electrons. The molecule has 0 aliphatic rings. The first-order valence-electron chi connectivity index (χ1n) is 5.35. The number of aromatic nitrogens is 1. The predicted molar refractivity (Wildman–Crippen MR) is 62.7 cm³/mol. The lowest BCUT2D eigenvalue weighted by atomic mass is 10.2. The predicted octanol–water partition coefficient (Wildman–Crippen LogP) is -0.285. The zero-order chi connectivity index (χ0) is 13.5. The average Bonchev–Trinajstić information content (AvgIpc) is 2.34. The van der Waals surface area contributed by atoms with Gasteiger partial charge in [-0.25, -0.2) is 9.59 Å². The van der Waals surface area contributed by atoms with Crippen LogP contribution in [-0.2, 0) is 11.3 Å². The number of hydrogen-bond donors (Lipinski definition) is 4. The van der Waals surface area contributed by atoms with Crippen LogP contribution >= 0.6 is 0 Å². The summed E-state index contributed by atoms with van der Waals surface area (Å²) >= 11 is 0. The van der Waals surface area contributed by atoms with Crippen molar-refractivity contribution >= 4 is 12.0 Å². The van der Waals surface area contributed by atoms with Crippen LogP contribution in [0.2, 0.25) is 0 Å². The van der Waals surface area contributed by atoms with Crippen LogP contribution in [0.5, 0.6) is 0 Å². The molecule has 0 aromatic carbocycles. The van der Waals surface area contributed by atoms with Gasteiger partial charge in [-0.3, -0.25) is 4.98 Å². The largest absolute Gasteiger partial charge is 0.480 e. The molecule has 0 aliphatic carbocycles. The Hall–Kier alpha value is -2.15. The lowest BCUT2D eigenvalue weighted by molar-refractivity contribution is -0.141. The van der Waals surface area contributed by atoms with Gasteiger partial charge in [-0.1, -0.05) is 0 Å². The highest BCUT2D eigenvalue weighted by atomic mass is 16.4. The van der Waals surface area contributed by atoms with Crippen molar-refractivity contribution in [2.24, 2.45) is 0 Å². The maximum Gasteiger partial charge on any atom is 0.328 e. The molecule has 0 saturated heterocycles. The fraction of sp³-hybridized carbons (Fsp3) is 0.364. The van der Waals surface area contributed by atoms with Crippen LogP contribution in [0.4, 0.5) is 4.79 Å². The van der Waals surface area contributed by atoms with E-state index in [4.69, 9.17) is 5.11 Å². The quantitative estimate of drug-likeness (QED) is 0.576. The maximum absolute atomic E-state index is 11.4. The van der Waals surface area contributed by atoms with Crippen molar-refractivity contribution < 1.29 is 19.8 Å². The highest BCUT2D eigenvalue weighted by Gasteiger charge is 2.24. The minimum Gasteiger partial charge on any atom is -0.480 e. The number of aliphatic hydroxyl groups is 1.